The maximum absolute atomic E-state index is 8.44. The molecule has 5 aromatic carbocycles. The van der Waals surface area contributed by atoms with Crippen molar-refractivity contribution in [2.75, 3.05) is 0 Å². The van der Waals surface area contributed by atoms with E-state index in [0.717, 1.165) is 72.3 Å². The minimum Gasteiger partial charge on any atom is -0.501 e. The van der Waals surface area contributed by atoms with Gasteiger partial charge in [0.15, 0.2) is 5.65 Å². The molecule has 235 valence electrons. The van der Waals surface area contributed by atoms with Crippen molar-refractivity contribution in [2.24, 2.45) is 0 Å². The first-order chi connectivity index (χ1) is 23.4. The number of hydrogen-bond donors (Lipinski definition) is 0. The van der Waals surface area contributed by atoms with E-state index in [1.165, 1.54) is 0 Å². The van der Waals surface area contributed by atoms with Crippen LogP contribution in [-0.4, -0.2) is 19.5 Å². The van der Waals surface area contributed by atoms with Crippen molar-refractivity contribution in [3.8, 4) is 28.3 Å². The Labute approximate surface area is 293 Å². The minimum absolute atomic E-state index is 0. The summed E-state index contributed by atoms with van der Waals surface area (Å²) in [7, 11) is 0. The third-order valence-corrected chi connectivity index (χ3v) is 8.25. The Morgan fingerprint density at radius 3 is 2.35 bits per heavy atom. The van der Waals surface area contributed by atoms with Crippen LogP contribution in [0.5, 0.6) is 0 Å². The van der Waals surface area contributed by atoms with Crippen LogP contribution < -0.4 is 0 Å². The Kier molecular flexibility index (Phi) is 8.34. The first kappa shape index (κ1) is 29.9. The van der Waals surface area contributed by atoms with Crippen LogP contribution in [0, 0.1) is 12.1 Å². The van der Waals surface area contributed by atoms with E-state index in [-0.39, 0.29) is 20.1 Å². The smallest absolute Gasteiger partial charge is 0.168 e. The summed E-state index contributed by atoms with van der Waals surface area (Å²) in [5.41, 5.74) is 8.68. The molecule has 0 atom stereocenters. The quantitative estimate of drug-likeness (QED) is 0.166. The van der Waals surface area contributed by atoms with Crippen LogP contribution in [-0.2, 0) is 20.1 Å². The van der Waals surface area contributed by atoms with Crippen LogP contribution in [0.2, 0.25) is 0 Å². The number of nitrogens with zero attached hydrogens (tertiary/aromatic N) is 4. The fourth-order valence-electron chi connectivity index (χ4n) is 5.91. The van der Waals surface area contributed by atoms with Gasteiger partial charge in [0, 0.05) is 44.1 Å². The number of benzene rings is 5. The molecule has 0 bridgehead atoms. The average Bonchev–Trinajstić information content (AvgIpc) is 3.69. The van der Waals surface area contributed by atoms with E-state index in [4.69, 9.17) is 15.8 Å². The third-order valence-electron chi connectivity index (χ3n) is 8.25. The number of imidazole rings is 1. The molecule has 48 heavy (non-hydrogen) atoms. The Morgan fingerprint density at radius 2 is 1.56 bits per heavy atom. The van der Waals surface area contributed by atoms with Crippen molar-refractivity contribution in [1.82, 2.24) is 19.5 Å². The van der Waals surface area contributed by atoms with Crippen molar-refractivity contribution in [2.45, 2.75) is 19.7 Å². The number of fused-ring (bicyclic) bond motifs is 5. The molecule has 4 aromatic heterocycles. The fourth-order valence-corrected chi connectivity index (χ4v) is 5.91. The minimum atomic E-state index is -0.711. The van der Waals surface area contributed by atoms with E-state index < -0.39 is 5.89 Å². The second kappa shape index (κ2) is 13.4. The molecule has 0 saturated carbocycles. The van der Waals surface area contributed by atoms with Gasteiger partial charge in [-0.25, -0.2) is 4.98 Å². The van der Waals surface area contributed by atoms with Crippen molar-refractivity contribution < 1.29 is 25.9 Å². The van der Waals surface area contributed by atoms with Gasteiger partial charge in [0.1, 0.15) is 5.58 Å². The van der Waals surface area contributed by atoms with Crippen molar-refractivity contribution in [1.29, 1.82) is 0 Å². The molecular formula is C42H30IrN4O-2. The molecule has 4 heterocycles. The fraction of sp³-hybridized carbons (Fsp3) is 0.0714. The summed E-state index contributed by atoms with van der Waals surface area (Å²) < 4.78 is 17.0. The monoisotopic (exact) mass is 800 g/mol. The van der Waals surface area contributed by atoms with Crippen molar-refractivity contribution >= 4 is 44.0 Å². The average molecular weight is 800 g/mol. The van der Waals surface area contributed by atoms with E-state index in [1.807, 2.05) is 123 Å². The number of hydrogen-bond acceptors (Lipinski definition) is 4. The SMILES string of the molecule is [2H]C(C)(C)c1ccc2c(c1)oc1c(-c3nc4nc5ccccc5cc4n3-c3ccccc3)[c-]ccc12.[Ir].[c-]1ccccc1-c1ccccn1. The first-order valence-electron chi connectivity index (χ1n) is 16.0. The molecule has 0 amide bonds. The van der Waals surface area contributed by atoms with Gasteiger partial charge >= 0.3 is 0 Å². The van der Waals surface area contributed by atoms with Gasteiger partial charge in [-0.1, -0.05) is 85.5 Å². The van der Waals surface area contributed by atoms with Gasteiger partial charge in [0.2, 0.25) is 0 Å². The van der Waals surface area contributed by atoms with Crippen LogP contribution in [0.3, 0.4) is 0 Å². The number of furan rings is 1. The predicted molar refractivity (Wildman–Crippen MR) is 191 cm³/mol. The molecule has 1 radical (unpaired) electrons. The van der Waals surface area contributed by atoms with E-state index in [9.17, 15) is 0 Å². The molecular weight excluding hydrogens is 769 g/mol. The first-order valence-corrected chi connectivity index (χ1v) is 15.5. The van der Waals surface area contributed by atoms with Gasteiger partial charge in [-0.15, -0.1) is 54.1 Å². The summed E-state index contributed by atoms with van der Waals surface area (Å²) in [5, 5.41) is 3.07. The van der Waals surface area contributed by atoms with Gasteiger partial charge in [-0.05, 0) is 53.5 Å². The zero-order valence-corrected chi connectivity index (χ0v) is 28.7. The summed E-state index contributed by atoms with van der Waals surface area (Å²) in [6, 6.07) is 50.6. The van der Waals surface area contributed by atoms with Crippen molar-refractivity contribution in [3.05, 3.63) is 157 Å². The molecule has 0 unspecified atom stereocenters. The normalized spacial score (nSPS) is 11.7. The predicted octanol–water partition coefficient (Wildman–Crippen LogP) is 10.6. The van der Waals surface area contributed by atoms with E-state index >= 15 is 0 Å². The Hall–Kier alpha value is -5.42. The molecule has 5 nitrogen and oxygen atoms in total. The largest absolute Gasteiger partial charge is 0.501 e. The van der Waals surface area contributed by atoms with Crippen LogP contribution in [0.25, 0.3) is 72.3 Å². The number of para-hydroxylation sites is 2. The van der Waals surface area contributed by atoms with Crippen molar-refractivity contribution in [3.63, 3.8) is 0 Å². The summed E-state index contributed by atoms with van der Waals surface area (Å²) >= 11 is 0. The maximum atomic E-state index is 8.44. The molecule has 6 heteroatoms. The zero-order valence-electron chi connectivity index (χ0n) is 27.3. The van der Waals surface area contributed by atoms with Gasteiger partial charge in [0.25, 0.3) is 0 Å². The molecule has 0 saturated heterocycles. The molecule has 0 fully saturated rings. The molecule has 0 spiro atoms. The summed E-state index contributed by atoms with van der Waals surface area (Å²) in [6.07, 6.45) is 1.79. The second-order valence-electron chi connectivity index (χ2n) is 11.5. The maximum Gasteiger partial charge on any atom is 0.168 e. The van der Waals surface area contributed by atoms with Gasteiger partial charge in [-0.2, -0.15) is 0 Å². The third kappa shape index (κ3) is 5.81. The molecule has 9 aromatic rings. The summed E-state index contributed by atoms with van der Waals surface area (Å²) in [4.78, 5) is 14.1. The standard InChI is InChI=1S/C31H22N3O.C11H8N.Ir/c1-19(2)20-15-16-23-24-12-8-13-25(29(24)35-28(23)18-20)31-33-30-27(34(31)22-10-4-3-5-11-22)17-21-9-6-7-14-26(21)32-30;1-2-6-10(7-3-1)11-8-4-5-9-12-11;/h3-12,14-19H,1-2H3;1-6,8-9H;/q2*-1;/i19D;;. The van der Waals surface area contributed by atoms with E-state index in [2.05, 4.69) is 45.9 Å². The number of rotatable bonds is 4. The van der Waals surface area contributed by atoms with E-state index in [0.29, 0.717) is 5.65 Å². The topological polar surface area (TPSA) is 56.7 Å². The Balaban J connectivity index is 0.000000246. The van der Waals surface area contributed by atoms with E-state index in [1.54, 1.807) is 6.20 Å². The zero-order chi connectivity index (χ0) is 32.7. The molecule has 9 rings (SSSR count). The van der Waals surface area contributed by atoms with Gasteiger partial charge in [0.05, 0.1) is 22.4 Å². The molecule has 0 N–H and O–H groups in total. The van der Waals surface area contributed by atoms with Crippen LogP contribution in [0.15, 0.2) is 144 Å². The summed E-state index contributed by atoms with van der Waals surface area (Å²) in [6.45, 7) is 3.77. The molecule has 0 aliphatic rings. The van der Waals surface area contributed by atoms with Crippen LogP contribution in [0.1, 0.15) is 26.7 Å². The summed E-state index contributed by atoms with van der Waals surface area (Å²) in [5.74, 6) is 0.0154. The second-order valence-corrected chi connectivity index (χ2v) is 11.5. The van der Waals surface area contributed by atoms with Gasteiger partial charge in [-0.3, -0.25) is 4.98 Å². The van der Waals surface area contributed by atoms with Crippen LogP contribution >= 0.6 is 0 Å². The van der Waals surface area contributed by atoms with Crippen LogP contribution in [0.4, 0.5) is 0 Å². The Bertz CT molecular complexity index is 2500. The molecule has 0 aliphatic heterocycles. The number of pyridine rings is 2. The molecule has 0 aliphatic carbocycles. The van der Waals surface area contributed by atoms with Gasteiger partial charge < -0.3 is 14.0 Å². The Morgan fingerprint density at radius 1 is 0.750 bits per heavy atom. The number of aromatic nitrogens is 4.